The Morgan fingerprint density at radius 3 is 2.19 bits per heavy atom. The van der Waals surface area contributed by atoms with E-state index in [-0.39, 0.29) is 30.6 Å². The van der Waals surface area contributed by atoms with Gasteiger partial charge in [0.25, 0.3) is 0 Å². The zero-order chi connectivity index (χ0) is 27.1. The van der Waals surface area contributed by atoms with Crippen LogP contribution in [0.1, 0.15) is 38.3 Å². The van der Waals surface area contributed by atoms with Gasteiger partial charge < -0.3 is 10.2 Å². The Labute approximate surface area is 210 Å². The fourth-order valence-electron chi connectivity index (χ4n) is 3.73. The van der Waals surface area contributed by atoms with E-state index in [2.05, 4.69) is 5.32 Å². The molecule has 0 radical (unpaired) electrons. The Bertz CT molecular complexity index is 1140. The van der Waals surface area contributed by atoms with Crippen LogP contribution >= 0.6 is 0 Å². The topological polar surface area (TPSA) is 86.8 Å². The van der Waals surface area contributed by atoms with E-state index in [0.717, 1.165) is 24.0 Å². The fraction of sp³-hybridized carbons (Fsp3) is 0.440. The van der Waals surface area contributed by atoms with Crippen LogP contribution in [0.25, 0.3) is 0 Å². The number of rotatable bonds is 11. The summed E-state index contributed by atoms with van der Waals surface area (Å²) >= 11 is 0. The summed E-state index contributed by atoms with van der Waals surface area (Å²) in [5.41, 5.74) is -0.416. The molecule has 2 amide bonds. The fourth-order valence-corrected chi connectivity index (χ4v) is 4.57. The quantitative estimate of drug-likeness (QED) is 0.481. The first kappa shape index (κ1) is 29.2. The first-order valence-electron chi connectivity index (χ1n) is 11.5. The molecule has 0 spiro atoms. The van der Waals surface area contributed by atoms with Gasteiger partial charge in [-0.25, -0.2) is 8.42 Å². The van der Waals surface area contributed by atoms with Crippen molar-refractivity contribution in [3.8, 4) is 0 Å². The van der Waals surface area contributed by atoms with Gasteiger partial charge in [-0.1, -0.05) is 43.3 Å². The predicted molar refractivity (Wildman–Crippen MR) is 133 cm³/mol. The van der Waals surface area contributed by atoms with Gasteiger partial charge in [0.05, 0.1) is 17.5 Å². The van der Waals surface area contributed by atoms with Crippen LogP contribution in [0.15, 0.2) is 54.6 Å². The van der Waals surface area contributed by atoms with Crippen molar-refractivity contribution in [2.75, 3.05) is 23.7 Å². The summed E-state index contributed by atoms with van der Waals surface area (Å²) in [4.78, 5) is 27.7. The van der Waals surface area contributed by atoms with Crippen LogP contribution in [0, 0.1) is 0 Å². The van der Waals surface area contributed by atoms with Crippen LogP contribution in [-0.2, 0) is 32.2 Å². The Hall–Kier alpha value is -3.08. The van der Waals surface area contributed by atoms with Crippen LogP contribution in [0.2, 0.25) is 0 Å². The largest absolute Gasteiger partial charge is 0.416 e. The smallest absolute Gasteiger partial charge is 0.352 e. The molecule has 0 bridgehead atoms. The lowest BCUT2D eigenvalue weighted by molar-refractivity contribution is -0.139. The van der Waals surface area contributed by atoms with Crippen LogP contribution < -0.4 is 9.62 Å². The van der Waals surface area contributed by atoms with Crippen molar-refractivity contribution in [2.45, 2.75) is 51.9 Å². The standard InChI is InChI=1S/C25H32F3N3O4S/c1-5-22(24(33)29-18(2)3)30(15-14-19-10-7-6-8-11-19)23(32)17-31(36(4,34)35)21-13-9-12-20(16-21)25(26,27)28/h6-13,16,18,22H,5,14-15,17H2,1-4H3,(H,29,33)/t22-/m0/s1. The van der Waals surface area contributed by atoms with E-state index in [9.17, 15) is 31.2 Å². The molecule has 36 heavy (non-hydrogen) atoms. The minimum absolute atomic E-state index is 0.118. The number of hydrogen-bond donors (Lipinski definition) is 1. The van der Waals surface area contributed by atoms with Crippen molar-refractivity contribution in [3.05, 3.63) is 65.7 Å². The van der Waals surface area contributed by atoms with Gasteiger partial charge >= 0.3 is 6.18 Å². The summed E-state index contributed by atoms with van der Waals surface area (Å²) in [7, 11) is -4.13. The molecule has 2 aromatic carbocycles. The molecule has 0 saturated carbocycles. The number of sulfonamides is 1. The highest BCUT2D eigenvalue weighted by molar-refractivity contribution is 7.92. The predicted octanol–water partition coefficient (Wildman–Crippen LogP) is 3.85. The van der Waals surface area contributed by atoms with Gasteiger partial charge in [-0.3, -0.25) is 13.9 Å². The summed E-state index contributed by atoms with van der Waals surface area (Å²) in [5, 5.41) is 2.78. The molecule has 0 aliphatic heterocycles. The molecule has 2 rings (SSSR count). The van der Waals surface area contributed by atoms with Crippen molar-refractivity contribution in [3.63, 3.8) is 0 Å². The molecule has 2 aromatic rings. The summed E-state index contributed by atoms with van der Waals surface area (Å²) in [6.07, 6.45) is -3.20. The average Bonchev–Trinajstić information content (AvgIpc) is 2.79. The second-order valence-corrected chi connectivity index (χ2v) is 10.6. The number of nitrogens with one attached hydrogen (secondary N) is 1. The van der Waals surface area contributed by atoms with Crippen molar-refractivity contribution < 1.29 is 31.2 Å². The number of benzene rings is 2. The van der Waals surface area contributed by atoms with E-state index < -0.39 is 40.3 Å². The van der Waals surface area contributed by atoms with Crippen molar-refractivity contribution in [1.29, 1.82) is 0 Å². The maximum Gasteiger partial charge on any atom is 0.416 e. The third-order valence-electron chi connectivity index (χ3n) is 5.44. The molecule has 0 fully saturated rings. The monoisotopic (exact) mass is 527 g/mol. The number of amides is 2. The van der Waals surface area contributed by atoms with Crippen molar-refractivity contribution in [2.24, 2.45) is 0 Å². The Balaban J connectivity index is 2.42. The first-order chi connectivity index (χ1) is 16.7. The van der Waals surface area contributed by atoms with Gasteiger partial charge in [-0.05, 0) is 50.5 Å². The van der Waals surface area contributed by atoms with Gasteiger partial charge in [0, 0.05) is 12.6 Å². The van der Waals surface area contributed by atoms with Crippen LogP contribution in [0.3, 0.4) is 0 Å². The molecule has 0 unspecified atom stereocenters. The maximum absolute atomic E-state index is 13.5. The highest BCUT2D eigenvalue weighted by Gasteiger charge is 2.34. The summed E-state index contributed by atoms with van der Waals surface area (Å²) in [6, 6.07) is 12.0. The maximum atomic E-state index is 13.5. The minimum atomic E-state index is -4.69. The van der Waals surface area contributed by atoms with Crippen molar-refractivity contribution in [1.82, 2.24) is 10.2 Å². The molecule has 198 valence electrons. The Kier molecular flexibility index (Phi) is 9.92. The van der Waals surface area contributed by atoms with Crippen LogP contribution in [-0.4, -0.2) is 56.6 Å². The highest BCUT2D eigenvalue weighted by Crippen LogP contribution is 2.32. The van der Waals surface area contributed by atoms with E-state index in [1.54, 1.807) is 20.8 Å². The summed E-state index contributed by atoms with van der Waals surface area (Å²) < 4.78 is 65.4. The molecular formula is C25H32F3N3O4S. The number of anilines is 1. The highest BCUT2D eigenvalue weighted by atomic mass is 32.2. The molecule has 1 N–H and O–H groups in total. The Morgan fingerprint density at radius 2 is 1.67 bits per heavy atom. The number of nitrogens with zero attached hydrogens (tertiary/aromatic N) is 2. The van der Waals surface area contributed by atoms with Gasteiger partial charge in [0.1, 0.15) is 12.6 Å². The minimum Gasteiger partial charge on any atom is -0.352 e. The van der Waals surface area contributed by atoms with Crippen LogP contribution in [0.4, 0.5) is 18.9 Å². The average molecular weight is 528 g/mol. The molecular weight excluding hydrogens is 495 g/mol. The van der Waals surface area contributed by atoms with Crippen LogP contribution in [0.5, 0.6) is 0 Å². The van der Waals surface area contributed by atoms with E-state index in [4.69, 9.17) is 0 Å². The number of halogens is 3. The molecule has 11 heteroatoms. The molecule has 7 nitrogen and oxygen atoms in total. The number of carbonyl (C=O) groups is 2. The number of hydrogen-bond acceptors (Lipinski definition) is 4. The third kappa shape index (κ3) is 8.25. The number of alkyl halides is 3. The van der Waals surface area contributed by atoms with Gasteiger partial charge in [0.2, 0.25) is 21.8 Å². The molecule has 0 aliphatic rings. The van der Waals surface area contributed by atoms with Gasteiger partial charge in [-0.2, -0.15) is 13.2 Å². The molecule has 1 atom stereocenters. The van der Waals surface area contributed by atoms with E-state index in [1.165, 1.54) is 11.0 Å². The summed E-state index contributed by atoms with van der Waals surface area (Å²) in [6.45, 7) is 4.65. The molecule has 0 heterocycles. The molecule has 0 aliphatic carbocycles. The zero-order valence-electron chi connectivity index (χ0n) is 20.7. The van der Waals surface area contributed by atoms with E-state index >= 15 is 0 Å². The van der Waals surface area contributed by atoms with E-state index in [1.807, 2.05) is 30.3 Å². The lowest BCUT2D eigenvalue weighted by Crippen LogP contribution is -2.54. The van der Waals surface area contributed by atoms with Gasteiger partial charge in [0.15, 0.2) is 0 Å². The normalized spacial score (nSPS) is 12.8. The Morgan fingerprint density at radius 1 is 1.03 bits per heavy atom. The van der Waals surface area contributed by atoms with Gasteiger partial charge in [-0.15, -0.1) is 0 Å². The lowest BCUT2D eigenvalue weighted by atomic mass is 10.1. The third-order valence-corrected chi connectivity index (χ3v) is 6.58. The first-order valence-corrected chi connectivity index (χ1v) is 13.4. The lowest BCUT2D eigenvalue weighted by Gasteiger charge is -2.33. The second-order valence-electron chi connectivity index (χ2n) is 8.73. The molecule has 0 saturated heterocycles. The second kappa shape index (κ2) is 12.2. The summed E-state index contributed by atoms with van der Waals surface area (Å²) in [5.74, 6) is -1.08. The number of carbonyl (C=O) groups excluding carboxylic acids is 2. The van der Waals surface area contributed by atoms with E-state index in [0.29, 0.717) is 16.8 Å². The zero-order valence-corrected chi connectivity index (χ0v) is 21.6. The van der Waals surface area contributed by atoms with Crippen molar-refractivity contribution >= 4 is 27.5 Å². The molecule has 0 aromatic heterocycles. The SMILES string of the molecule is CC[C@@H](C(=O)NC(C)C)N(CCc1ccccc1)C(=O)CN(c1cccc(C(F)(F)F)c1)S(C)(=O)=O.